The Morgan fingerprint density at radius 1 is 1.40 bits per heavy atom. The van der Waals surface area contributed by atoms with Gasteiger partial charge in [-0.25, -0.2) is 0 Å². The van der Waals surface area contributed by atoms with Gasteiger partial charge in [0.15, 0.2) is 0 Å². The number of fused-ring (bicyclic) bond motifs is 1. The zero-order valence-electron chi connectivity index (χ0n) is 15.1. The Hall–Kier alpha value is -1.46. The van der Waals surface area contributed by atoms with Crippen molar-refractivity contribution in [1.29, 1.82) is 0 Å². The van der Waals surface area contributed by atoms with E-state index in [4.69, 9.17) is 9.47 Å². The lowest BCUT2D eigenvalue weighted by molar-refractivity contribution is -0.147. The second-order valence-electron chi connectivity index (χ2n) is 7.99. The number of hydrogen-bond acceptors (Lipinski definition) is 4. The van der Waals surface area contributed by atoms with E-state index in [0.29, 0.717) is 12.2 Å². The first-order valence-corrected chi connectivity index (χ1v) is 9.58. The van der Waals surface area contributed by atoms with E-state index in [-0.39, 0.29) is 17.4 Å². The lowest BCUT2D eigenvalue weighted by atomic mass is 9.73. The summed E-state index contributed by atoms with van der Waals surface area (Å²) in [6.45, 7) is 5.83. The summed E-state index contributed by atoms with van der Waals surface area (Å²) in [5, 5.41) is 0. The van der Waals surface area contributed by atoms with E-state index in [9.17, 15) is 4.79 Å². The quantitative estimate of drug-likeness (QED) is 0.824. The minimum atomic E-state index is -0.0425. The summed E-state index contributed by atoms with van der Waals surface area (Å²) in [5.74, 6) is 0.845. The van der Waals surface area contributed by atoms with Gasteiger partial charge in [0.1, 0.15) is 0 Å². The second kappa shape index (κ2) is 7.04. The molecular formula is C20H28N2O3. The Kier molecular flexibility index (Phi) is 4.78. The molecule has 25 heavy (non-hydrogen) atoms. The molecule has 3 fully saturated rings. The van der Waals surface area contributed by atoms with Gasteiger partial charge in [-0.15, -0.1) is 0 Å². The van der Waals surface area contributed by atoms with Crippen LogP contribution in [0, 0.1) is 18.3 Å². The number of piperidine rings is 1. The van der Waals surface area contributed by atoms with Gasteiger partial charge in [-0.05, 0) is 57.1 Å². The van der Waals surface area contributed by atoms with Crippen molar-refractivity contribution in [1.82, 2.24) is 9.88 Å². The fourth-order valence-corrected chi connectivity index (χ4v) is 4.16. The Bertz CT molecular complexity index is 614. The summed E-state index contributed by atoms with van der Waals surface area (Å²) in [4.78, 5) is 19.2. The van der Waals surface area contributed by atoms with Crippen LogP contribution in [0.1, 0.15) is 48.2 Å². The summed E-state index contributed by atoms with van der Waals surface area (Å²) in [6, 6.07) is 3.78. The molecule has 2 unspecified atom stereocenters. The molecule has 1 amide bonds. The maximum atomic E-state index is 12.9. The standard InChI is InChI=1S/C20H28N2O3/c1-15-3-6-17(11-21-15)19(23)22-9-7-18-20(13-22,8-2-10-25-18)14-24-12-16-4-5-16/h3,6,11,16,18H,2,4-5,7-10,12-14H2,1H3. The topological polar surface area (TPSA) is 51.7 Å². The van der Waals surface area contributed by atoms with Crippen molar-refractivity contribution < 1.29 is 14.3 Å². The molecule has 0 spiro atoms. The van der Waals surface area contributed by atoms with Gasteiger partial charge in [0.2, 0.25) is 0 Å². The van der Waals surface area contributed by atoms with Gasteiger partial charge in [-0.2, -0.15) is 0 Å². The number of rotatable bonds is 5. The molecule has 2 atom stereocenters. The molecule has 1 aromatic heterocycles. The minimum Gasteiger partial charge on any atom is -0.380 e. The van der Waals surface area contributed by atoms with E-state index in [1.54, 1.807) is 6.20 Å². The molecule has 1 aliphatic carbocycles. The number of aromatic nitrogens is 1. The molecule has 2 aliphatic heterocycles. The Morgan fingerprint density at radius 3 is 3.04 bits per heavy atom. The molecule has 3 heterocycles. The number of carbonyl (C=O) groups excluding carboxylic acids is 1. The summed E-state index contributed by atoms with van der Waals surface area (Å²) < 4.78 is 12.2. The van der Waals surface area contributed by atoms with Gasteiger partial charge < -0.3 is 14.4 Å². The van der Waals surface area contributed by atoms with Crippen LogP contribution in [0.2, 0.25) is 0 Å². The first-order chi connectivity index (χ1) is 12.2. The first kappa shape index (κ1) is 17.0. The highest BCUT2D eigenvalue weighted by Gasteiger charge is 2.47. The Labute approximate surface area is 149 Å². The van der Waals surface area contributed by atoms with Crippen molar-refractivity contribution in [2.24, 2.45) is 11.3 Å². The van der Waals surface area contributed by atoms with Crippen LogP contribution in [-0.2, 0) is 9.47 Å². The van der Waals surface area contributed by atoms with Gasteiger partial charge in [0, 0.05) is 43.6 Å². The fraction of sp³-hybridized carbons (Fsp3) is 0.700. The van der Waals surface area contributed by atoms with Gasteiger partial charge >= 0.3 is 0 Å². The van der Waals surface area contributed by atoms with Crippen LogP contribution in [0.4, 0.5) is 0 Å². The predicted molar refractivity (Wildman–Crippen MR) is 94.4 cm³/mol. The number of likely N-dealkylation sites (tertiary alicyclic amines) is 1. The lowest BCUT2D eigenvalue weighted by Crippen LogP contribution is -2.58. The van der Waals surface area contributed by atoms with E-state index in [1.165, 1.54) is 12.8 Å². The molecule has 0 bridgehead atoms. The van der Waals surface area contributed by atoms with Crippen molar-refractivity contribution in [3.63, 3.8) is 0 Å². The number of hydrogen-bond donors (Lipinski definition) is 0. The molecule has 2 saturated heterocycles. The molecule has 5 nitrogen and oxygen atoms in total. The monoisotopic (exact) mass is 344 g/mol. The summed E-state index contributed by atoms with van der Waals surface area (Å²) in [6.07, 6.45) is 7.56. The van der Waals surface area contributed by atoms with Crippen molar-refractivity contribution in [3.05, 3.63) is 29.6 Å². The first-order valence-electron chi connectivity index (χ1n) is 9.58. The Balaban J connectivity index is 1.46. The zero-order valence-corrected chi connectivity index (χ0v) is 15.1. The van der Waals surface area contributed by atoms with Crippen molar-refractivity contribution in [2.75, 3.05) is 32.9 Å². The van der Waals surface area contributed by atoms with Crippen LogP contribution in [-0.4, -0.2) is 54.8 Å². The average molecular weight is 344 g/mol. The fourth-order valence-electron chi connectivity index (χ4n) is 4.16. The highest BCUT2D eigenvalue weighted by Crippen LogP contribution is 2.41. The molecular weight excluding hydrogens is 316 g/mol. The van der Waals surface area contributed by atoms with Crippen LogP contribution in [0.3, 0.4) is 0 Å². The van der Waals surface area contributed by atoms with Crippen molar-refractivity contribution in [2.45, 2.75) is 45.1 Å². The van der Waals surface area contributed by atoms with Crippen LogP contribution in [0.5, 0.6) is 0 Å². The molecule has 1 saturated carbocycles. The minimum absolute atomic E-state index is 0.0425. The molecule has 0 aromatic carbocycles. The van der Waals surface area contributed by atoms with Crippen LogP contribution in [0.15, 0.2) is 18.3 Å². The highest BCUT2D eigenvalue weighted by molar-refractivity contribution is 5.94. The lowest BCUT2D eigenvalue weighted by Gasteiger charge is -2.50. The number of aryl methyl sites for hydroxylation is 1. The molecule has 4 rings (SSSR count). The van der Waals surface area contributed by atoms with E-state index < -0.39 is 0 Å². The number of pyridine rings is 1. The summed E-state index contributed by atoms with van der Waals surface area (Å²) in [5.41, 5.74) is 1.56. The second-order valence-corrected chi connectivity index (χ2v) is 7.99. The summed E-state index contributed by atoms with van der Waals surface area (Å²) >= 11 is 0. The van der Waals surface area contributed by atoms with E-state index in [0.717, 1.165) is 57.2 Å². The number of amides is 1. The third-order valence-corrected chi connectivity index (χ3v) is 5.87. The molecule has 5 heteroatoms. The largest absolute Gasteiger partial charge is 0.380 e. The van der Waals surface area contributed by atoms with Gasteiger partial charge in [0.05, 0.1) is 18.3 Å². The van der Waals surface area contributed by atoms with Crippen molar-refractivity contribution >= 4 is 5.91 Å². The van der Waals surface area contributed by atoms with Gasteiger partial charge in [-0.3, -0.25) is 9.78 Å². The van der Waals surface area contributed by atoms with Gasteiger partial charge in [0.25, 0.3) is 5.91 Å². The van der Waals surface area contributed by atoms with E-state index in [2.05, 4.69) is 4.98 Å². The van der Waals surface area contributed by atoms with Crippen LogP contribution >= 0.6 is 0 Å². The number of ether oxygens (including phenoxy) is 2. The SMILES string of the molecule is Cc1ccc(C(=O)N2CCC3OCCCC3(COCC3CC3)C2)cn1. The highest BCUT2D eigenvalue weighted by atomic mass is 16.5. The van der Waals surface area contributed by atoms with Crippen LogP contribution in [0.25, 0.3) is 0 Å². The number of nitrogens with zero attached hydrogens (tertiary/aromatic N) is 2. The smallest absolute Gasteiger partial charge is 0.255 e. The van der Waals surface area contributed by atoms with Crippen molar-refractivity contribution in [3.8, 4) is 0 Å². The molecule has 136 valence electrons. The van der Waals surface area contributed by atoms with Crippen LogP contribution < -0.4 is 0 Å². The predicted octanol–water partition coefficient (Wildman–Crippen LogP) is 2.83. The molecule has 0 radical (unpaired) electrons. The van der Waals surface area contributed by atoms with E-state index in [1.807, 2.05) is 24.0 Å². The molecule has 0 N–H and O–H groups in total. The maximum Gasteiger partial charge on any atom is 0.255 e. The third-order valence-electron chi connectivity index (χ3n) is 5.87. The zero-order chi connectivity index (χ0) is 17.3. The molecule has 3 aliphatic rings. The van der Waals surface area contributed by atoms with Gasteiger partial charge in [-0.1, -0.05) is 0 Å². The normalized spacial score (nSPS) is 29.3. The number of carbonyl (C=O) groups is 1. The van der Waals surface area contributed by atoms with E-state index >= 15 is 0 Å². The third kappa shape index (κ3) is 3.72. The summed E-state index contributed by atoms with van der Waals surface area (Å²) in [7, 11) is 0. The maximum absolute atomic E-state index is 12.9. The average Bonchev–Trinajstić information content (AvgIpc) is 3.45. The Morgan fingerprint density at radius 2 is 2.28 bits per heavy atom. The molecule has 1 aromatic rings.